The van der Waals surface area contributed by atoms with Crippen LogP contribution in [0.25, 0.3) is 28.2 Å². The van der Waals surface area contributed by atoms with Crippen molar-refractivity contribution in [2.75, 3.05) is 18.8 Å². The maximum absolute atomic E-state index is 14.9. The molecule has 0 spiro atoms. The number of hydrogen-bond acceptors (Lipinski definition) is 6. The topological polar surface area (TPSA) is 108 Å². The summed E-state index contributed by atoms with van der Waals surface area (Å²) in [5.41, 5.74) is 8.64. The van der Waals surface area contributed by atoms with Crippen molar-refractivity contribution in [2.45, 2.75) is 39.2 Å². The van der Waals surface area contributed by atoms with Crippen LogP contribution in [-0.2, 0) is 4.79 Å². The van der Waals surface area contributed by atoms with Gasteiger partial charge in [-0.25, -0.2) is 9.37 Å². The van der Waals surface area contributed by atoms with Crippen molar-refractivity contribution in [1.29, 1.82) is 0 Å². The predicted molar refractivity (Wildman–Crippen MR) is 135 cm³/mol. The highest BCUT2D eigenvalue weighted by Gasteiger charge is 2.24. The number of likely N-dealkylation sites (tertiary alicyclic amines) is 1. The molecule has 2 N–H and O–H groups in total. The first kappa shape index (κ1) is 23.9. The van der Waals surface area contributed by atoms with Crippen LogP contribution in [0.3, 0.4) is 0 Å². The second-order valence-corrected chi connectivity index (χ2v) is 9.22. The molecule has 0 radical (unpaired) electrons. The molecule has 5 rings (SSSR count). The van der Waals surface area contributed by atoms with E-state index in [0.717, 1.165) is 37.1 Å². The van der Waals surface area contributed by atoms with Gasteiger partial charge in [-0.1, -0.05) is 24.6 Å². The van der Waals surface area contributed by atoms with Gasteiger partial charge in [0, 0.05) is 43.0 Å². The molecule has 1 amide bonds. The Hall–Kier alpha value is -3.79. The first-order valence-corrected chi connectivity index (χ1v) is 12.2. The molecule has 0 saturated carbocycles. The molecule has 186 valence electrons. The average molecular weight is 509 g/mol. The third-order valence-electron chi connectivity index (χ3n) is 6.58. The Morgan fingerprint density at radius 3 is 2.72 bits per heavy atom. The summed E-state index contributed by atoms with van der Waals surface area (Å²) in [5.74, 6) is 0.711. The number of nitrogens with two attached hydrogens (primary N) is 1. The van der Waals surface area contributed by atoms with Gasteiger partial charge in [0.05, 0.1) is 28.5 Å². The molecular formula is C25H26ClFN8O. The molecular weight excluding hydrogens is 483 g/mol. The van der Waals surface area contributed by atoms with Crippen molar-refractivity contribution in [1.82, 2.24) is 34.4 Å². The second-order valence-electron chi connectivity index (χ2n) is 8.81. The number of nitrogen functional groups attached to an aromatic ring is 1. The highest BCUT2D eigenvalue weighted by Crippen LogP contribution is 2.33. The minimum atomic E-state index is -0.570. The Morgan fingerprint density at radius 1 is 1.19 bits per heavy atom. The first-order chi connectivity index (χ1) is 17.4. The summed E-state index contributed by atoms with van der Waals surface area (Å²) in [6.45, 7) is 5.08. The average Bonchev–Trinajstić information content (AvgIpc) is 3.53. The van der Waals surface area contributed by atoms with Crippen LogP contribution in [-0.4, -0.2) is 53.4 Å². The van der Waals surface area contributed by atoms with Gasteiger partial charge in [-0.3, -0.25) is 14.0 Å². The molecule has 1 aromatic carbocycles. The zero-order chi connectivity index (χ0) is 25.4. The van der Waals surface area contributed by atoms with Crippen molar-refractivity contribution in [2.24, 2.45) is 0 Å². The normalized spacial score (nSPS) is 14.4. The number of hydrogen-bond donors (Lipinski definition) is 1. The molecule has 4 aromatic rings. The molecule has 0 aliphatic carbocycles. The van der Waals surface area contributed by atoms with E-state index in [1.807, 2.05) is 28.8 Å². The maximum Gasteiger partial charge on any atom is 0.222 e. The van der Waals surface area contributed by atoms with Gasteiger partial charge in [-0.2, -0.15) is 5.10 Å². The third-order valence-corrected chi connectivity index (χ3v) is 6.88. The van der Waals surface area contributed by atoms with Gasteiger partial charge in [0.1, 0.15) is 11.6 Å². The van der Waals surface area contributed by atoms with E-state index in [1.54, 1.807) is 36.0 Å². The Morgan fingerprint density at radius 2 is 1.97 bits per heavy atom. The lowest BCUT2D eigenvalue weighted by Crippen LogP contribution is -2.38. The van der Waals surface area contributed by atoms with E-state index in [0.29, 0.717) is 23.6 Å². The second kappa shape index (κ2) is 9.69. The van der Waals surface area contributed by atoms with Crippen LogP contribution in [0.4, 0.5) is 10.2 Å². The number of aromatic nitrogens is 6. The van der Waals surface area contributed by atoms with Crippen LogP contribution in [0.15, 0.2) is 42.9 Å². The van der Waals surface area contributed by atoms with Gasteiger partial charge in [0.2, 0.25) is 5.91 Å². The number of aryl methyl sites for hydroxylation is 1. The monoisotopic (exact) mass is 508 g/mol. The Kier molecular flexibility index (Phi) is 6.44. The van der Waals surface area contributed by atoms with E-state index >= 15 is 0 Å². The number of carbonyl (C=O) groups is 1. The number of pyridine rings is 1. The van der Waals surface area contributed by atoms with E-state index in [1.165, 1.54) is 6.07 Å². The van der Waals surface area contributed by atoms with Crippen molar-refractivity contribution < 1.29 is 9.18 Å². The first-order valence-electron chi connectivity index (χ1n) is 11.8. The standard InChI is InChI=1S/C25H26ClFN8O/c1-3-22(36)33-9-7-18(8-10-33)34-14-17(13-30-34)16-11-19(24(28)29-12-16)25-32-31-15(2)35(25)21-6-4-5-20(26)23(21)27/h4-6,11-14,18H,3,7-10H2,1-2H3,(H2,28,29). The summed E-state index contributed by atoms with van der Waals surface area (Å²) < 4.78 is 18.4. The number of benzene rings is 1. The molecule has 0 atom stereocenters. The van der Waals surface area contributed by atoms with Gasteiger partial charge in [0.25, 0.3) is 0 Å². The van der Waals surface area contributed by atoms with E-state index < -0.39 is 5.82 Å². The minimum absolute atomic E-state index is 0.00343. The van der Waals surface area contributed by atoms with E-state index in [2.05, 4.69) is 20.3 Å². The predicted octanol–water partition coefficient (Wildman–Crippen LogP) is 4.45. The summed E-state index contributed by atoms with van der Waals surface area (Å²) in [7, 11) is 0. The molecule has 9 nitrogen and oxygen atoms in total. The molecule has 1 aliphatic rings. The Labute approximate surface area is 212 Å². The summed E-state index contributed by atoms with van der Waals surface area (Å²) >= 11 is 6.02. The minimum Gasteiger partial charge on any atom is -0.383 e. The molecule has 36 heavy (non-hydrogen) atoms. The highest BCUT2D eigenvalue weighted by atomic mass is 35.5. The summed E-state index contributed by atoms with van der Waals surface area (Å²) in [5, 5.41) is 13.0. The Bertz CT molecular complexity index is 1420. The molecule has 1 fully saturated rings. The van der Waals surface area contributed by atoms with E-state index in [9.17, 15) is 9.18 Å². The van der Waals surface area contributed by atoms with Gasteiger partial charge in [-0.15, -0.1) is 10.2 Å². The van der Waals surface area contributed by atoms with Crippen LogP contribution < -0.4 is 5.73 Å². The fourth-order valence-electron chi connectivity index (χ4n) is 4.59. The summed E-state index contributed by atoms with van der Waals surface area (Å²) in [6.07, 6.45) is 7.67. The molecule has 1 aliphatic heterocycles. The third kappa shape index (κ3) is 4.32. The maximum atomic E-state index is 14.9. The molecule has 0 unspecified atom stereocenters. The summed E-state index contributed by atoms with van der Waals surface area (Å²) in [6, 6.07) is 6.84. The highest BCUT2D eigenvalue weighted by molar-refractivity contribution is 6.30. The quantitative estimate of drug-likeness (QED) is 0.426. The lowest BCUT2D eigenvalue weighted by Gasteiger charge is -2.32. The van der Waals surface area contributed by atoms with Gasteiger partial charge >= 0.3 is 0 Å². The zero-order valence-corrected chi connectivity index (χ0v) is 20.8. The van der Waals surface area contributed by atoms with Crippen molar-refractivity contribution >= 4 is 23.3 Å². The van der Waals surface area contributed by atoms with Gasteiger partial charge in [-0.05, 0) is 38.0 Å². The molecule has 4 heterocycles. The van der Waals surface area contributed by atoms with Crippen LogP contribution in [0, 0.1) is 12.7 Å². The SMILES string of the molecule is CCC(=O)N1CCC(n2cc(-c3cnc(N)c(-c4nnc(C)n4-c4cccc(Cl)c4F)c3)cn2)CC1. The van der Waals surface area contributed by atoms with Crippen molar-refractivity contribution in [3.63, 3.8) is 0 Å². The molecule has 11 heteroatoms. The molecule has 3 aromatic heterocycles. The molecule has 0 bridgehead atoms. The number of halogens is 2. The molecule has 1 saturated heterocycles. The lowest BCUT2D eigenvalue weighted by atomic mass is 10.0. The van der Waals surface area contributed by atoms with Crippen molar-refractivity contribution in [3.05, 3.63) is 59.5 Å². The number of nitrogens with zero attached hydrogens (tertiary/aromatic N) is 7. The van der Waals surface area contributed by atoms with Crippen molar-refractivity contribution in [3.8, 4) is 28.2 Å². The van der Waals surface area contributed by atoms with Gasteiger partial charge in [0.15, 0.2) is 11.6 Å². The fourth-order valence-corrected chi connectivity index (χ4v) is 4.76. The summed E-state index contributed by atoms with van der Waals surface area (Å²) in [4.78, 5) is 18.3. The zero-order valence-electron chi connectivity index (χ0n) is 20.0. The van der Waals surface area contributed by atoms with E-state index in [-0.39, 0.29) is 28.5 Å². The lowest BCUT2D eigenvalue weighted by molar-refractivity contribution is -0.132. The van der Waals surface area contributed by atoms with Crippen LogP contribution in [0.5, 0.6) is 0 Å². The number of piperidine rings is 1. The van der Waals surface area contributed by atoms with Crippen LogP contribution >= 0.6 is 11.6 Å². The Balaban J connectivity index is 1.45. The number of anilines is 1. The number of rotatable bonds is 5. The van der Waals surface area contributed by atoms with Gasteiger partial charge < -0.3 is 10.6 Å². The van der Waals surface area contributed by atoms with E-state index in [4.69, 9.17) is 17.3 Å². The smallest absolute Gasteiger partial charge is 0.222 e. The largest absolute Gasteiger partial charge is 0.383 e. The number of carbonyl (C=O) groups excluding carboxylic acids is 1. The van der Waals surface area contributed by atoms with Crippen LogP contribution in [0.2, 0.25) is 5.02 Å². The number of amides is 1. The fraction of sp³-hybridized carbons (Fsp3) is 0.320. The van der Waals surface area contributed by atoms with Crippen LogP contribution in [0.1, 0.15) is 38.1 Å².